The van der Waals surface area contributed by atoms with Gasteiger partial charge in [-0.25, -0.2) is 4.39 Å². The molecular formula is C17H17Cl3FNO2. The van der Waals surface area contributed by atoms with Crippen LogP contribution in [0.15, 0.2) is 36.4 Å². The average Bonchev–Trinajstić information content (AvgIpc) is 2.50. The minimum atomic E-state index is -0.798. The van der Waals surface area contributed by atoms with Crippen molar-refractivity contribution in [3.05, 3.63) is 62.8 Å². The predicted octanol–water partition coefficient (Wildman–Crippen LogP) is 4.66. The Morgan fingerprint density at radius 2 is 1.67 bits per heavy atom. The van der Waals surface area contributed by atoms with Gasteiger partial charge < -0.3 is 9.84 Å². The Labute approximate surface area is 155 Å². The fraction of sp³-hybridized carbons (Fsp3) is 0.294. The third kappa shape index (κ3) is 5.23. The van der Waals surface area contributed by atoms with Crippen molar-refractivity contribution in [2.75, 3.05) is 20.2 Å². The maximum atomic E-state index is 13.8. The van der Waals surface area contributed by atoms with E-state index in [1.54, 1.807) is 42.3 Å². The van der Waals surface area contributed by atoms with E-state index in [2.05, 4.69) is 0 Å². The zero-order valence-corrected chi connectivity index (χ0v) is 15.2. The molecule has 2 aromatic rings. The third-order valence-corrected chi connectivity index (χ3v) is 4.30. The van der Waals surface area contributed by atoms with Crippen LogP contribution in [-0.2, 0) is 6.54 Å². The van der Waals surface area contributed by atoms with E-state index in [0.29, 0.717) is 26.4 Å². The molecule has 0 aliphatic carbocycles. The number of nitrogens with zero attached hydrogens (tertiary/aromatic N) is 1. The molecule has 0 aliphatic rings. The molecule has 24 heavy (non-hydrogen) atoms. The molecule has 2 rings (SSSR count). The maximum Gasteiger partial charge on any atom is 0.156 e. The van der Waals surface area contributed by atoms with Crippen molar-refractivity contribution in [3.8, 4) is 5.75 Å². The van der Waals surface area contributed by atoms with E-state index in [9.17, 15) is 9.50 Å². The maximum absolute atomic E-state index is 13.8. The number of aliphatic hydroxyl groups excluding tert-OH is 1. The number of hydrogen-bond acceptors (Lipinski definition) is 3. The number of likely N-dealkylation sites (N-methyl/N-ethyl adjacent to an activating group) is 1. The average molecular weight is 393 g/mol. The zero-order valence-electron chi connectivity index (χ0n) is 13.0. The molecule has 0 bridgehead atoms. The van der Waals surface area contributed by atoms with Gasteiger partial charge in [-0.15, -0.1) is 0 Å². The Hall–Kier alpha value is -1.04. The Balaban J connectivity index is 1.89. The molecule has 0 heterocycles. The Morgan fingerprint density at radius 1 is 1.08 bits per heavy atom. The highest BCUT2D eigenvalue weighted by molar-refractivity contribution is 6.37. The Kier molecular flexibility index (Phi) is 7.14. The van der Waals surface area contributed by atoms with Gasteiger partial charge in [-0.3, -0.25) is 4.90 Å². The highest BCUT2D eigenvalue weighted by atomic mass is 35.5. The van der Waals surface area contributed by atoms with Crippen LogP contribution in [0.2, 0.25) is 15.1 Å². The lowest BCUT2D eigenvalue weighted by Crippen LogP contribution is -2.33. The monoisotopic (exact) mass is 391 g/mol. The summed E-state index contributed by atoms with van der Waals surface area (Å²) in [6, 6.07) is 9.56. The van der Waals surface area contributed by atoms with E-state index in [-0.39, 0.29) is 25.5 Å². The summed E-state index contributed by atoms with van der Waals surface area (Å²) in [5.41, 5.74) is 0.393. The minimum absolute atomic E-state index is 0.0127. The van der Waals surface area contributed by atoms with Gasteiger partial charge >= 0.3 is 0 Å². The van der Waals surface area contributed by atoms with E-state index in [0.717, 1.165) is 0 Å². The summed E-state index contributed by atoms with van der Waals surface area (Å²) in [6.07, 6.45) is -0.798. The topological polar surface area (TPSA) is 32.7 Å². The molecule has 0 saturated carbocycles. The molecule has 1 N–H and O–H groups in total. The van der Waals surface area contributed by atoms with Crippen molar-refractivity contribution in [2.45, 2.75) is 12.6 Å². The summed E-state index contributed by atoms with van der Waals surface area (Å²) >= 11 is 18.0. The Morgan fingerprint density at radius 3 is 2.29 bits per heavy atom. The molecule has 3 nitrogen and oxygen atoms in total. The number of para-hydroxylation sites is 1. The molecular weight excluding hydrogens is 376 g/mol. The fourth-order valence-electron chi connectivity index (χ4n) is 2.23. The number of aliphatic hydroxyl groups is 1. The quantitative estimate of drug-likeness (QED) is 0.744. The summed E-state index contributed by atoms with van der Waals surface area (Å²) in [4.78, 5) is 1.76. The van der Waals surface area contributed by atoms with Crippen molar-refractivity contribution in [3.63, 3.8) is 0 Å². The van der Waals surface area contributed by atoms with Crippen molar-refractivity contribution >= 4 is 34.8 Å². The van der Waals surface area contributed by atoms with E-state index < -0.39 is 6.10 Å². The highest BCUT2D eigenvalue weighted by Gasteiger charge is 2.15. The molecule has 0 fully saturated rings. The molecule has 0 saturated heterocycles. The normalized spacial score (nSPS) is 12.5. The number of benzene rings is 2. The van der Waals surface area contributed by atoms with Gasteiger partial charge in [-0.1, -0.05) is 46.9 Å². The van der Waals surface area contributed by atoms with Gasteiger partial charge in [0.15, 0.2) is 5.75 Å². The number of hydrogen-bond donors (Lipinski definition) is 1. The molecule has 0 aliphatic heterocycles. The summed E-state index contributed by atoms with van der Waals surface area (Å²) in [6.45, 7) is 0.556. The van der Waals surface area contributed by atoms with Crippen LogP contribution in [0.25, 0.3) is 0 Å². The molecule has 0 aromatic heterocycles. The fourth-order valence-corrected chi connectivity index (χ4v) is 2.96. The van der Waals surface area contributed by atoms with Crippen LogP contribution < -0.4 is 4.74 Å². The van der Waals surface area contributed by atoms with Crippen LogP contribution in [0.3, 0.4) is 0 Å². The first-order valence-electron chi connectivity index (χ1n) is 7.24. The second kappa shape index (κ2) is 8.88. The summed E-state index contributed by atoms with van der Waals surface area (Å²) in [7, 11) is 1.76. The van der Waals surface area contributed by atoms with Gasteiger partial charge in [0.1, 0.15) is 18.5 Å². The standard InChI is InChI=1S/C17H17Cl3FNO2/c1-22(9-12-13(18)4-3-7-16(12)21)8-11(23)10-24-17-14(19)5-2-6-15(17)20/h2-7,11,23H,8-10H2,1H3/t11-/m0/s1. The Bertz CT molecular complexity index is 659. The predicted molar refractivity (Wildman–Crippen MR) is 95.7 cm³/mol. The second-order valence-electron chi connectivity index (χ2n) is 5.41. The largest absolute Gasteiger partial charge is 0.488 e. The van der Waals surface area contributed by atoms with E-state index in [1.807, 2.05) is 0 Å². The van der Waals surface area contributed by atoms with Crippen LogP contribution in [0, 0.1) is 5.82 Å². The first-order chi connectivity index (χ1) is 11.4. The van der Waals surface area contributed by atoms with Crippen molar-refractivity contribution in [2.24, 2.45) is 0 Å². The minimum Gasteiger partial charge on any atom is -0.488 e. The van der Waals surface area contributed by atoms with Crippen molar-refractivity contribution < 1.29 is 14.2 Å². The van der Waals surface area contributed by atoms with E-state index in [1.165, 1.54) is 6.07 Å². The second-order valence-corrected chi connectivity index (χ2v) is 6.63. The van der Waals surface area contributed by atoms with Gasteiger partial charge in [0.2, 0.25) is 0 Å². The van der Waals surface area contributed by atoms with E-state index in [4.69, 9.17) is 39.5 Å². The van der Waals surface area contributed by atoms with Gasteiger partial charge in [0, 0.05) is 23.7 Å². The highest BCUT2D eigenvalue weighted by Crippen LogP contribution is 2.32. The van der Waals surface area contributed by atoms with Crippen molar-refractivity contribution in [1.29, 1.82) is 0 Å². The first-order valence-corrected chi connectivity index (χ1v) is 8.38. The molecule has 2 aromatic carbocycles. The number of halogens is 4. The third-order valence-electron chi connectivity index (χ3n) is 3.35. The SMILES string of the molecule is CN(Cc1c(F)cccc1Cl)C[C@H](O)COc1c(Cl)cccc1Cl. The van der Waals surface area contributed by atoms with Crippen LogP contribution in [0.1, 0.15) is 5.56 Å². The van der Waals surface area contributed by atoms with Gasteiger partial charge in [-0.05, 0) is 31.3 Å². The lowest BCUT2D eigenvalue weighted by molar-refractivity contribution is 0.0742. The van der Waals surface area contributed by atoms with Crippen molar-refractivity contribution in [1.82, 2.24) is 4.90 Å². The molecule has 0 amide bonds. The van der Waals surface area contributed by atoms with E-state index >= 15 is 0 Å². The van der Waals surface area contributed by atoms with Gasteiger partial charge in [0.05, 0.1) is 10.0 Å². The molecule has 0 spiro atoms. The smallest absolute Gasteiger partial charge is 0.156 e. The van der Waals surface area contributed by atoms with Crippen LogP contribution in [0.5, 0.6) is 5.75 Å². The molecule has 130 valence electrons. The number of ether oxygens (including phenoxy) is 1. The van der Waals surface area contributed by atoms with Crippen LogP contribution in [-0.4, -0.2) is 36.3 Å². The summed E-state index contributed by atoms with van der Waals surface area (Å²) in [5, 5.41) is 11.2. The van der Waals surface area contributed by atoms with Gasteiger partial charge in [-0.2, -0.15) is 0 Å². The van der Waals surface area contributed by atoms with Crippen LogP contribution >= 0.6 is 34.8 Å². The van der Waals surface area contributed by atoms with Gasteiger partial charge in [0.25, 0.3) is 0 Å². The molecule has 0 radical (unpaired) electrons. The number of rotatable bonds is 7. The molecule has 0 unspecified atom stereocenters. The molecule has 1 atom stereocenters. The first kappa shape index (κ1) is 19.3. The lowest BCUT2D eigenvalue weighted by atomic mass is 10.2. The molecule has 7 heteroatoms. The zero-order chi connectivity index (χ0) is 17.7. The summed E-state index contributed by atoms with van der Waals surface area (Å²) < 4.78 is 19.3. The lowest BCUT2D eigenvalue weighted by Gasteiger charge is -2.22. The van der Waals surface area contributed by atoms with Crippen LogP contribution in [0.4, 0.5) is 4.39 Å². The summed E-state index contributed by atoms with van der Waals surface area (Å²) in [5.74, 6) is -0.0392.